The van der Waals surface area contributed by atoms with Crippen molar-refractivity contribution >= 4 is 0 Å². The van der Waals surface area contributed by atoms with Crippen LogP contribution in [0.4, 0.5) is 0 Å². The summed E-state index contributed by atoms with van der Waals surface area (Å²) in [7, 11) is 2.18. The van der Waals surface area contributed by atoms with Crippen molar-refractivity contribution in [1.82, 2.24) is 4.90 Å². The van der Waals surface area contributed by atoms with Crippen LogP contribution in [0, 0.1) is 12.8 Å². The summed E-state index contributed by atoms with van der Waals surface area (Å²) in [6.45, 7) is 7.33. The van der Waals surface area contributed by atoms with Gasteiger partial charge in [-0.1, -0.05) is 36.8 Å². The Morgan fingerprint density at radius 1 is 1.38 bits per heavy atom. The van der Waals surface area contributed by atoms with Gasteiger partial charge in [0.15, 0.2) is 0 Å². The largest absolute Gasteiger partial charge is 0.330 e. The predicted molar refractivity (Wildman–Crippen MR) is 70.3 cm³/mol. The van der Waals surface area contributed by atoms with Crippen molar-refractivity contribution in [1.29, 1.82) is 0 Å². The molecular formula is C14H24N2. The van der Waals surface area contributed by atoms with Gasteiger partial charge in [0.05, 0.1) is 0 Å². The normalized spacial score (nSPS) is 13.1. The van der Waals surface area contributed by atoms with Gasteiger partial charge in [-0.3, -0.25) is 0 Å². The van der Waals surface area contributed by atoms with Crippen molar-refractivity contribution in [3.05, 3.63) is 35.4 Å². The Bertz CT molecular complexity index is 309. The van der Waals surface area contributed by atoms with E-state index in [0.717, 1.165) is 26.1 Å². The third-order valence-electron chi connectivity index (χ3n) is 2.82. The van der Waals surface area contributed by atoms with Crippen molar-refractivity contribution in [2.45, 2.75) is 26.8 Å². The van der Waals surface area contributed by atoms with Gasteiger partial charge < -0.3 is 10.6 Å². The third-order valence-corrected chi connectivity index (χ3v) is 2.82. The molecule has 0 amide bonds. The van der Waals surface area contributed by atoms with E-state index in [-0.39, 0.29) is 0 Å². The molecule has 2 N–H and O–H groups in total. The molecule has 0 saturated heterocycles. The minimum Gasteiger partial charge on any atom is -0.330 e. The SMILES string of the molecule is Cc1cccc(CN(C)CC(C)CCN)c1. The zero-order valence-electron chi connectivity index (χ0n) is 10.7. The minimum atomic E-state index is 0.680. The number of nitrogens with two attached hydrogens (primary N) is 1. The van der Waals surface area contributed by atoms with E-state index in [2.05, 4.69) is 50.1 Å². The zero-order valence-corrected chi connectivity index (χ0v) is 10.7. The van der Waals surface area contributed by atoms with Crippen LogP contribution in [0.1, 0.15) is 24.5 Å². The summed E-state index contributed by atoms with van der Waals surface area (Å²) in [5.74, 6) is 0.680. The molecule has 0 fully saturated rings. The van der Waals surface area contributed by atoms with Crippen molar-refractivity contribution in [3.63, 3.8) is 0 Å². The Hall–Kier alpha value is -0.860. The van der Waals surface area contributed by atoms with Crippen molar-refractivity contribution in [2.75, 3.05) is 20.1 Å². The fraction of sp³-hybridized carbons (Fsp3) is 0.571. The van der Waals surface area contributed by atoms with Gasteiger partial charge in [0, 0.05) is 13.1 Å². The second-order valence-corrected chi connectivity index (χ2v) is 4.87. The van der Waals surface area contributed by atoms with E-state index in [1.807, 2.05) is 0 Å². The topological polar surface area (TPSA) is 29.3 Å². The van der Waals surface area contributed by atoms with Gasteiger partial charge in [0.25, 0.3) is 0 Å². The van der Waals surface area contributed by atoms with Crippen molar-refractivity contribution in [2.24, 2.45) is 11.7 Å². The third kappa shape index (κ3) is 4.77. The second kappa shape index (κ2) is 6.66. The van der Waals surface area contributed by atoms with Gasteiger partial charge in [0.1, 0.15) is 0 Å². The van der Waals surface area contributed by atoms with E-state index >= 15 is 0 Å². The molecular weight excluding hydrogens is 196 g/mol. The predicted octanol–water partition coefficient (Wildman–Crippen LogP) is 2.41. The molecule has 0 aliphatic heterocycles. The molecule has 0 aromatic heterocycles. The van der Waals surface area contributed by atoms with Crippen LogP contribution in [-0.2, 0) is 6.54 Å². The first-order valence-electron chi connectivity index (χ1n) is 6.06. The Morgan fingerprint density at radius 2 is 2.12 bits per heavy atom. The maximum absolute atomic E-state index is 5.56. The molecule has 2 heteroatoms. The molecule has 0 saturated carbocycles. The van der Waals surface area contributed by atoms with Crippen LogP contribution in [0.25, 0.3) is 0 Å². The van der Waals surface area contributed by atoms with Crippen LogP contribution in [0.3, 0.4) is 0 Å². The number of rotatable bonds is 6. The molecule has 0 aliphatic carbocycles. The number of nitrogens with zero attached hydrogens (tertiary/aromatic N) is 1. The van der Waals surface area contributed by atoms with Gasteiger partial charge in [-0.05, 0) is 38.4 Å². The maximum Gasteiger partial charge on any atom is 0.0230 e. The summed E-state index contributed by atoms with van der Waals surface area (Å²) >= 11 is 0. The lowest BCUT2D eigenvalue weighted by atomic mass is 10.1. The average Bonchev–Trinajstić information content (AvgIpc) is 2.17. The van der Waals surface area contributed by atoms with E-state index in [1.165, 1.54) is 11.1 Å². The summed E-state index contributed by atoms with van der Waals surface area (Å²) in [6, 6.07) is 8.71. The molecule has 0 spiro atoms. The van der Waals surface area contributed by atoms with Crippen molar-refractivity contribution < 1.29 is 0 Å². The lowest BCUT2D eigenvalue weighted by molar-refractivity contribution is 0.273. The lowest BCUT2D eigenvalue weighted by Crippen LogP contribution is -2.25. The van der Waals surface area contributed by atoms with Crippen LogP contribution < -0.4 is 5.73 Å². The molecule has 1 unspecified atom stereocenters. The molecule has 16 heavy (non-hydrogen) atoms. The molecule has 1 rings (SSSR count). The highest BCUT2D eigenvalue weighted by molar-refractivity contribution is 5.21. The molecule has 1 aromatic carbocycles. The summed E-state index contributed by atoms with van der Waals surface area (Å²) in [5.41, 5.74) is 8.28. The summed E-state index contributed by atoms with van der Waals surface area (Å²) < 4.78 is 0. The van der Waals surface area contributed by atoms with E-state index in [4.69, 9.17) is 5.73 Å². The monoisotopic (exact) mass is 220 g/mol. The van der Waals surface area contributed by atoms with E-state index < -0.39 is 0 Å². The molecule has 1 aromatic rings. The second-order valence-electron chi connectivity index (χ2n) is 4.87. The fourth-order valence-corrected chi connectivity index (χ4v) is 2.09. The van der Waals surface area contributed by atoms with E-state index in [1.54, 1.807) is 0 Å². The molecule has 0 bridgehead atoms. The molecule has 1 atom stereocenters. The number of benzene rings is 1. The first-order valence-corrected chi connectivity index (χ1v) is 6.06. The number of hydrogen-bond donors (Lipinski definition) is 1. The first kappa shape index (κ1) is 13.2. The standard InChI is InChI=1S/C14H24N2/c1-12-5-4-6-14(9-12)11-16(3)10-13(2)7-8-15/h4-6,9,13H,7-8,10-11,15H2,1-3H3. The molecule has 0 aliphatic rings. The lowest BCUT2D eigenvalue weighted by Gasteiger charge is -2.21. The Kier molecular flexibility index (Phi) is 5.50. The highest BCUT2D eigenvalue weighted by atomic mass is 15.1. The number of hydrogen-bond acceptors (Lipinski definition) is 2. The molecule has 0 heterocycles. The molecule has 90 valence electrons. The highest BCUT2D eigenvalue weighted by Gasteiger charge is 2.06. The van der Waals surface area contributed by atoms with E-state index in [9.17, 15) is 0 Å². The van der Waals surface area contributed by atoms with Gasteiger partial charge in [-0.15, -0.1) is 0 Å². The minimum absolute atomic E-state index is 0.680. The summed E-state index contributed by atoms with van der Waals surface area (Å²) in [6.07, 6.45) is 1.11. The Morgan fingerprint density at radius 3 is 2.75 bits per heavy atom. The van der Waals surface area contributed by atoms with Crippen LogP contribution >= 0.6 is 0 Å². The fourth-order valence-electron chi connectivity index (χ4n) is 2.09. The van der Waals surface area contributed by atoms with Gasteiger partial charge in [0.2, 0.25) is 0 Å². The Balaban J connectivity index is 2.42. The van der Waals surface area contributed by atoms with Crippen LogP contribution in [0.2, 0.25) is 0 Å². The smallest absolute Gasteiger partial charge is 0.0230 e. The molecule has 2 nitrogen and oxygen atoms in total. The molecule has 0 radical (unpaired) electrons. The number of aryl methyl sites for hydroxylation is 1. The quantitative estimate of drug-likeness (QED) is 0.797. The average molecular weight is 220 g/mol. The van der Waals surface area contributed by atoms with Gasteiger partial charge >= 0.3 is 0 Å². The van der Waals surface area contributed by atoms with Gasteiger partial charge in [-0.25, -0.2) is 0 Å². The maximum atomic E-state index is 5.56. The van der Waals surface area contributed by atoms with Gasteiger partial charge in [-0.2, -0.15) is 0 Å². The van der Waals surface area contributed by atoms with E-state index in [0.29, 0.717) is 5.92 Å². The summed E-state index contributed by atoms with van der Waals surface area (Å²) in [5, 5.41) is 0. The van der Waals surface area contributed by atoms with Crippen LogP contribution in [0.15, 0.2) is 24.3 Å². The van der Waals surface area contributed by atoms with Crippen molar-refractivity contribution in [3.8, 4) is 0 Å². The van der Waals surface area contributed by atoms with Crippen LogP contribution in [-0.4, -0.2) is 25.0 Å². The summed E-state index contributed by atoms with van der Waals surface area (Å²) in [4.78, 5) is 2.37. The highest BCUT2D eigenvalue weighted by Crippen LogP contribution is 2.09. The zero-order chi connectivity index (χ0) is 12.0. The Labute approximate surface area is 99.5 Å². The first-order chi connectivity index (χ1) is 7.61. The van der Waals surface area contributed by atoms with Crippen LogP contribution in [0.5, 0.6) is 0 Å².